The lowest BCUT2D eigenvalue weighted by Gasteiger charge is -2.39. The fourth-order valence-corrected chi connectivity index (χ4v) is 4.27. The lowest BCUT2D eigenvalue weighted by molar-refractivity contribution is 0.102. The van der Waals surface area contributed by atoms with E-state index in [0.29, 0.717) is 0 Å². The van der Waals surface area contributed by atoms with Crippen LogP contribution in [-0.2, 0) is 0 Å². The Bertz CT molecular complexity index is 266. The zero-order chi connectivity index (χ0) is 13.1. The highest BCUT2D eigenvalue weighted by molar-refractivity contribution is 5.85. The smallest absolute Gasteiger partial charge is 0.00994 e. The summed E-state index contributed by atoms with van der Waals surface area (Å²) < 4.78 is 0. The Morgan fingerprint density at radius 3 is 2.05 bits per heavy atom. The van der Waals surface area contributed by atoms with E-state index in [0.717, 1.165) is 23.9 Å². The van der Waals surface area contributed by atoms with Crippen LogP contribution in [0.25, 0.3) is 0 Å². The van der Waals surface area contributed by atoms with Crippen molar-refractivity contribution in [2.24, 2.45) is 11.8 Å². The minimum Gasteiger partial charge on any atom is -0.316 e. The van der Waals surface area contributed by atoms with Crippen LogP contribution in [0.3, 0.4) is 0 Å². The van der Waals surface area contributed by atoms with Crippen LogP contribution in [0.1, 0.15) is 64.7 Å². The molecule has 0 radical (unpaired) electrons. The third-order valence-corrected chi connectivity index (χ3v) is 5.75. The topological polar surface area (TPSA) is 15.3 Å². The summed E-state index contributed by atoms with van der Waals surface area (Å²) in [5, 5.41) is 3.59. The molecule has 1 aliphatic heterocycles. The van der Waals surface area contributed by atoms with Gasteiger partial charge in [-0.15, -0.1) is 12.4 Å². The first-order valence-corrected chi connectivity index (χ1v) is 8.83. The van der Waals surface area contributed by atoms with Gasteiger partial charge >= 0.3 is 0 Å². The van der Waals surface area contributed by atoms with Crippen molar-refractivity contribution in [3.63, 3.8) is 0 Å². The van der Waals surface area contributed by atoms with Gasteiger partial charge in [0.2, 0.25) is 0 Å². The zero-order valence-electron chi connectivity index (χ0n) is 13.2. The molecule has 20 heavy (non-hydrogen) atoms. The van der Waals surface area contributed by atoms with E-state index in [-0.39, 0.29) is 12.4 Å². The summed E-state index contributed by atoms with van der Waals surface area (Å²) in [4.78, 5) is 2.93. The van der Waals surface area contributed by atoms with Crippen molar-refractivity contribution in [1.29, 1.82) is 0 Å². The summed E-state index contributed by atoms with van der Waals surface area (Å²) in [5.41, 5.74) is 0. The standard InChI is InChI=1S/C17H32N2.ClH/c1-2-14-5-7-16(8-6-14)19(17-9-10-17)13-15-4-3-11-18-12-15;/h14-18H,2-13H2,1H3;1H. The van der Waals surface area contributed by atoms with Crippen molar-refractivity contribution in [2.45, 2.75) is 76.8 Å². The molecule has 0 aromatic heterocycles. The van der Waals surface area contributed by atoms with Gasteiger partial charge in [0.1, 0.15) is 0 Å². The van der Waals surface area contributed by atoms with Gasteiger partial charge in [0.05, 0.1) is 0 Å². The molecule has 1 saturated heterocycles. The van der Waals surface area contributed by atoms with E-state index < -0.39 is 0 Å². The Morgan fingerprint density at radius 2 is 1.55 bits per heavy atom. The van der Waals surface area contributed by atoms with Gasteiger partial charge in [-0.05, 0) is 76.3 Å². The third-order valence-electron chi connectivity index (χ3n) is 5.75. The van der Waals surface area contributed by atoms with Gasteiger partial charge in [-0.3, -0.25) is 4.90 Å². The van der Waals surface area contributed by atoms with Gasteiger partial charge < -0.3 is 5.32 Å². The predicted octanol–water partition coefficient (Wildman–Crippen LogP) is 3.84. The summed E-state index contributed by atoms with van der Waals surface area (Å²) in [6, 6.07) is 1.89. The van der Waals surface area contributed by atoms with E-state index >= 15 is 0 Å². The molecule has 3 fully saturated rings. The number of nitrogens with zero attached hydrogens (tertiary/aromatic N) is 1. The van der Waals surface area contributed by atoms with Crippen LogP contribution >= 0.6 is 12.4 Å². The van der Waals surface area contributed by atoms with Gasteiger partial charge in [-0.1, -0.05) is 13.3 Å². The van der Waals surface area contributed by atoms with Crippen LogP contribution in [0.5, 0.6) is 0 Å². The number of piperidine rings is 1. The maximum Gasteiger partial charge on any atom is 0.00994 e. The largest absolute Gasteiger partial charge is 0.316 e. The van der Waals surface area contributed by atoms with Gasteiger partial charge in [-0.2, -0.15) is 0 Å². The average molecular weight is 301 g/mol. The molecule has 0 bridgehead atoms. The van der Waals surface area contributed by atoms with Crippen LogP contribution in [0.2, 0.25) is 0 Å². The third kappa shape index (κ3) is 4.35. The van der Waals surface area contributed by atoms with Gasteiger partial charge in [0, 0.05) is 18.6 Å². The summed E-state index contributed by atoms with van der Waals surface area (Å²) >= 11 is 0. The molecule has 0 aromatic carbocycles. The van der Waals surface area contributed by atoms with Crippen molar-refractivity contribution in [3.05, 3.63) is 0 Å². The van der Waals surface area contributed by atoms with Crippen molar-refractivity contribution >= 4 is 12.4 Å². The number of nitrogens with one attached hydrogen (secondary N) is 1. The first-order chi connectivity index (χ1) is 9.36. The second-order valence-corrected chi connectivity index (χ2v) is 7.22. The predicted molar refractivity (Wildman–Crippen MR) is 88.6 cm³/mol. The Kier molecular flexibility index (Phi) is 6.64. The van der Waals surface area contributed by atoms with E-state index in [9.17, 15) is 0 Å². The molecule has 3 rings (SSSR count). The highest BCUT2D eigenvalue weighted by Gasteiger charge is 2.36. The molecule has 2 saturated carbocycles. The molecule has 2 nitrogen and oxygen atoms in total. The normalized spacial score (nSPS) is 34.8. The van der Waals surface area contributed by atoms with Crippen LogP contribution in [0.4, 0.5) is 0 Å². The summed E-state index contributed by atoms with van der Waals surface area (Å²) in [6.45, 7) is 6.28. The van der Waals surface area contributed by atoms with Gasteiger partial charge in [0.25, 0.3) is 0 Å². The highest BCUT2D eigenvalue weighted by Crippen LogP contribution is 2.36. The Morgan fingerprint density at radius 1 is 0.900 bits per heavy atom. The molecule has 1 unspecified atom stereocenters. The molecule has 1 atom stereocenters. The van der Waals surface area contributed by atoms with Crippen molar-refractivity contribution in [3.8, 4) is 0 Å². The minimum absolute atomic E-state index is 0. The second kappa shape index (κ2) is 8.00. The van der Waals surface area contributed by atoms with Crippen LogP contribution < -0.4 is 5.32 Å². The van der Waals surface area contributed by atoms with Crippen molar-refractivity contribution in [1.82, 2.24) is 10.2 Å². The second-order valence-electron chi connectivity index (χ2n) is 7.22. The van der Waals surface area contributed by atoms with Gasteiger partial charge in [-0.25, -0.2) is 0 Å². The Labute approximate surface area is 131 Å². The van der Waals surface area contributed by atoms with Crippen LogP contribution in [0.15, 0.2) is 0 Å². The quantitative estimate of drug-likeness (QED) is 0.830. The molecule has 3 heteroatoms. The lowest BCUT2D eigenvalue weighted by Crippen LogP contribution is -2.45. The molecule has 2 aliphatic carbocycles. The van der Waals surface area contributed by atoms with Crippen molar-refractivity contribution < 1.29 is 0 Å². The number of hydrogen-bond acceptors (Lipinski definition) is 2. The monoisotopic (exact) mass is 300 g/mol. The maximum absolute atomic E-state index is 3.59. The number of rotatable bonds is 5. The first kappa shape index (κ1) is 16.6. The molecule has 0 amide bonds. The summed E-state index contributed by atoms with van der Waals surface area (Å²) in [6.07, 6.45) is 13.2. The van der Waals surface area contributed by atoms with Crippen molar-refractivity contribution in [2.75, 3.05) is 19.6 Å². The zero-order valence-corrected chi connectivity index (χ0v) is 14.0. The van der Waals surface area contributed by atoms with Crippen LogP contribution in [-0.4, -0.2) is 36.6 Å². The minimum atomic E-state index is 0. The summed E-state index contributed by atoms with van der Waals surface area (Å²) in [5.74, 6) is 1.96. The summed E-state index contributed by atoms with van der Waals surface area (Å²) in [7, 11) is 0. The highest BCUT2D eigenvalue weighted by atomic mass is 35.5. The number of halogens is 1. The fraction of sp³-hybridized carbons (Fsp3) is 1.00. The number of hydrogen-bond donors (Lipinski definition) is 1. The molecule has 1 N–H and O–H groups in total. The molecular weight excluding hydrogens is 268 g/mol. The first-order valence-electron chi connectivity index (χ1n) is 8.83. The van der Waals surface area contributed by atoms with E-state index in [1.807, 2.05) is 0 Å². The lowest BCUT2D eigenvalue weighted by atomic mass is 9.83. The molecule has 1 heterocycles. The molecule has 118 valence electrons. The van der Waals surface area contributed by atoms with E-state index in [1.54, 1.807) is 0 Å². The van der Waals surface area contributed by atoms with Crippen LogP contribution in [0, 0.1) is 11.8 Å². The average Bonchev–Trinajstić information content (AvgIpc) is 3.31. The van der Waals surface area contributed by atoms with E-state index in [2.05, 4.69) is 17.1 Å². The Hall–Kier alpha value is 0.210. The fourth-order valence-electron chi connectivity index (χ4n) is 4.27. The Balaban J connectivity index is 0.00000147. The van der Waals surface area contributed by atoms with E-state index in [1.165, 1.54) is 77.4 Å². The molecule has 0 spiro atoms. The van der Waals surface area contributed by atoms with E-state index in [4.69, 9.17) is 0 Å². The molecule has 3 aliphatic rings. The molecule has 0 aromatic rings. The van der Waals surface area contributed by atoms with Gasteiger partial charge in [0.15, 0.2) is 0 Å². The SMILES string of the molecule is CCC1CCC(N(CC2CCCNC2)C2CC2)CC1.Cl. The maximum atomic E-state index is 3.59. The molecular formula is C17H33ClN2.